The van der Waals surface area contributed by atoms with Gasteiger partial charge in [0.15, 0.2) is 0 Å². The summed E-state index contributed by atoms with van der Waals surface area (Å²) >= 11 is 0. The predicted octanol–water partition coefficient (Wildman–Crippen LogP) is 5.07. The second kappa shape index (κ2) is 7.65. The highest BCUT2D eigenvalue weighted by Gasteiger charge is 2.24. The van der Waals surface area contributed by atoms with Crippen molar-refractivity contribution in [2.45, 2.75) is 50.6 Å². The normalized spacial score (nSPS) is 22.5. The maximum Gasteiger partial charge on any atom is 0.119 e. The molecule has 23 heavy (non-hydrogen) atoms. The lowest BCUT2D eigenvalue weighted by Crippen LogP contribution is -2.35. The highest BCUT2D eigenvalue weighted by Crippen LogP contribution is 2.35. The second-order valence-electron chi connectivity index (χ2n) is 6.64. The van der Waals surface area contributed by atoms with Gasteiger partial charge in [-0.15, -0.1) is 0 Å². The van der Waals surface area contributed by atoms with Crippen LogP contribution in [0.15, 0.2) is 54.6 Å². The molecular formula is C21H27NO. The van der Waals surface area contributed by atoms with Crippen molar-refractivity contribution >= 4 is 0 Å². The van der Waals surface area contributed by atoms with E-state index in [1.807, 2.05) is 6.07 Å². The van der Waals surface area contributed by atoms with Crippen molar-refractivity contribution in [2.24, 2.45) is 0 Å². The number of nitrogens with one attached hydrogen (secondary N) is 1. The quantitative estimate of drug-likeness (QED) is 0.832. The van der Waals surface area contributed by atoms with E-state index in [9.17, 15) is 0 Å². The van der Waals surface area contributed by atoms with Crippen molar-refractivity contribution in [3.63, 3.8) is 0 Å². The highest BCUT2D eigenvalue weighted by molar-refractivity contribution is 5.31. The minimum atomic E-state index is 0.408. The number of benzene rings is 2. The summed E-state index contributed by atoms with van der Waals surface area (Å²) in [6.45, 7) is 2.27. The molecule has 1 aliphatic rings. The number of ether oxygens (including phenoxy) is 1. The van der Waals surface area contributed by atoms with Gasteiger partial charge < -0.3 is 10.1 Å². The molecular weight excluding hydrogens is 282 g/mol. The van der Waals surface area contributed by atoms with Crippen LogP contribution in [-0.2, 0) is 0 Å². The lowest BCUT2D eigenvalue weighted by molar-refractivity contribution is 0.317. The van der Waals surface area contributed by atoms with Gasteiger partial charge >= 0.3 is 0 Å². The smallest absolute Gasteiger partial charge is 0.119 e. The molecule has 1 aliphatic carbocycles. The van der Waals surface area contributed by atoms with Crippen molar-refractivity contribution in [2.75, 3.05) is 7.11 Å². The molecule has 0 heterocycles. The van der Waals surface area contributed by atoms with E-state index in [0.717, 1.165) is 5.75 Å². The molecule has 122 valence electrons. The Morgan fingerprint density at radius 2 is 1.87 bits per heavy atom. The summed E-state index contributed by atoms with van der Waals surface area (Å²) in [6, 6.07) is 20.3. The first-order valence-corrected chi connectivity index (χ1v) is 8.71. The monoisotopic (exact) mass is 309 g/mol. The van der Waals surface area contributed by atoms with E-state index in [4.69, 9.17) is 4.74 Å². The third kappa shape index (κ3) is 4.14. The molecule has 3 rings (SSSR count). The Hall–Kier alpha value is -1.80. The van der Waals surface area contributed by atoms with Gasteiger partial charge in [0.2, 0.25) is 0 Å². The fourth-order valence-corrected chi connectivity index (χ4v) is 3.73. The minimum Gasteiger partial charge on any atom is -0.497 e. The zero-order valence-electron chi connectivity index (χ0n) is 14.2. The van der Waals surface area contributed by atoms with Gasteiger partial charge in [0.25, 0.3) is 0 Å². The van der Waals surface area contributed by atoms with Gasteiger partial charge in [0.1, 0.15) is 5.75 Å². The minimum absolute atomic E-state index is 0.408. The molecule has 2 aromatic rings. The molecule has 0 saturated heterocycles. The topological polar surface area (TPSA) is 21.3 Å². The van der Waals surface area contributed by atoms with E-state index in [1.54, 1.807) is 7.11 Å². The van der Waals surface area contributed by atoms with Crippen LogP contribution in [0, 0.1) is 0 Å². The summed E-state index contributed by atoms with van der Waals surface area (Å²) in [5, 5.41) is 3.83. The van der Waals surface area contributed by atoms with Gasteiger partial charge in [-0.2, -0.15) is 0 Å². The third-order valence-electron chi connectivity index (χ3n) is 5.02. The molecule has 0 aliphatic heterocycles. The standard InChI is InChI=1S/C21H27NO/c1-16(17-8-4-3-5-9-17)22-20-12-6-10-18(14-20)19-11-7-13-21(15-19)23-2/h3-5,7-9,11,13,15-16,18,20,22H,6,10,12,14H2,1-2H3/t16-,18?,20?/m1/s1. The number of hydrogen-bond acceptors (Lipinski definition) is 2. The fourth-order valence-electron chi connectivity index (χ4n) is 3.73. The Balaban J connectivity index is 1.64. The molecule has 1 saturated carbocycles. The molecule has 2 aromatic carbocycles. The van der Waals surface area contributed by atoms with Gasteiger partial charge in [-0.05, 0) is 55.4 Å². The van der Waals surface area contributed by atoms with Crippen molar-refractivity contribution < 1.29 is 4.74 Å². The third-order valence-corrected chi connectivity index (χ3v) is 5.02. The number of methoxy groups -OCH3 is 1. The number of rotatable bonds is 5. The Morgan fingerprint density at radius 1 is 1.04 bits per heavy atom. The van der Waals surface area contributed by atoms with Crippen LogP contribution in [0.1, 0.15) is 55.7 Å². The average molecular weight is 309 g/mol. The highest BCUT2D eigenvalue weighted by atomic mass is 16.5. The summed E-state index contributed by atoms with van der Waals surface area (Å²) in [5.74, 6) is 1.61. The Morgan fingerprint density at radius 3 is 2.65 bits per heavy atom. The second-order valence-corrected chi connectivity index (χ2v) is 6.64. The average Bonchev–Trinajstić information content (AvgIpc) is 2.63. The molecule has 3 atom stereocenters. The molecule has 2 heteroatoms. The van der Waals surface area contributed by atoms with Gasteiger partial charge in [0, 0.05) is 12.1 Å². The Labute approximate surface area is 139 Å². The molecule has 0 bridgehead atoms. The van der Waals surface area contributed by atoms with E-state index in [-0.39, 0.29) is 0 Å². The summed E-state index contributed by atoms with van der Waals surface area (Å²) in [7, 11) is 1.74. The van der Waals surface area contributed by atoms with Crippen molar-refractivity contribution in [3.05, 3.63) is 65.7 Å². The predicted molar refractivity (Wildman–Crippen MR) is 96.0 cm³/mol. The Kier molecular flexibility index (Phi) is 5.35. The van der Waals surface area contributed by atoms with Crippen LogP contribution in [0.2, 0.25) is 0 Å². The molecule has 0 amide bonds. The van der Waals surface area contributed by atoms with Crippen LogP contribution in [0.3, 0.4) is 0 Å². The van der Waals surface area contributed by atoms with E-state index >= 15 is 0 Å². The molecule has 0 radical (unpaired) electrons. The van der Waals surface area contributed by atoms with Crippen molar-refractivity contribution in [3.8, 4) is 5.75 Å². The van der Waals surface area contributed by atoms with E-state index in [1.165, 1.54) is 36.8 Å². The summed E-state index contributed by atoms with van der Waals surface area (Å²) in [5.41, 5.74) is 2.79. The zero-order valence-corrected chi connectivity index (χ0v) is 14.2. The summed E-state index contributed by atoms with van der Waals surface area (Å²) < 4.78 is 5.38. The van der Waals surface area contributed by atoms with Crippen LogP contribution >= 0.6 is 0 Å². The van der Waals surface area contributed by atoms with Crippen LogP contribution in [0.4, 0.5) is 0 Å². The summed E-state index contributed by atoms with van der Waals surface area (Å²) in [4.78, 5) is 0. The van der Waals surface area contributed by atoms with Crippen molar-refractivity contribution in [1.82, 2.24) is 5.32 Å². The first kappa shape index (κ1) is 16.1. The van der Waals surface area contributed by atoms with Gasteiger partial charge in [0.05, 0.1) is 7.11 Å². The first-order valence-electron chi connectivity index (χ1n) is 8.71. The van der Waals surface area contributed by atoms with Crippen LogP contribution in [0.25, 0.3) is 0 Å². The lowest BCUT2D eigenvalue weighted by Gasteiger charge is -2.32. The van der Waals surface area contributed by atoms with Gasteiger partial charge in [-0.1, -0.05) is 48.9 Å². The maximum absolute atomic E-state index is 5.38. The van der Waals surface area contributed by atoms with E-state index in [0.29, 0.717) is 18.0 Å². The van der Waals surface area contributed by atoms with Crippen LogP contribution < -0.4 is 10.1 Å². The van der Waals surface area contributed by atoms with E-state index < -0.39 is 0 Å². The van der Waals surface area contributed by atoms with Crippen LogP contribution in [0.5, 0.6) is 5.75 Å². The molecule has 2 unspecified atom stereocenters. The fraction of sp³-hybridized carbons (Fsp3) is 0.429. The Bertz CT molecular complexity index is 610. The molecule has 0 spiro atoms. The lowest BCUT2D eigenvalue weighted by atomic mass is 9.81. The maximum atomic E-state index is 5.38. The van der Waals surface area contributed by atoms with Gasteiger partial charge in [-0.25, -0.2) is 0 Å². The summed E-state index contributed by atoms with van der Waals surface area (Å²) in [6.07, 6.45) is 5.06. The van der Waals surface area contributed by atoms with E-state index in [2.05, 4.69) is 60.8 Å². The molecule has 2 nitrogen and oxygen atoms in total. The number of hydrogen-bond donors (Lipinski definition) is 1. The SMILES string of the molecule is COc1cccc(C2CCCC(N[C@H](C)c3ccccc3)C2)c1. The van der Waals surface area contributed by atoms with Crippen LogP contribution in [-0.4, -0.2) is 13.2 Å². The molecule has 0 aromatic heterocycles. The first-order chi connectivity index (χ1) is 11.3. The molecule has 1 N–H and O–H groups in total. The van der Waals surface area contributed by atoms with Gasteiger partial charge in [-0.3, -0.25) is 0 Å². The largest absolute Gasteiger partial charge is 0.497 e. The molecule has 1 fully saturated rings. The van der Waals surface area contributed by atoms with Crippen molar-refractivity contribution in [1.29, 1.82) is 0 Å². The zero-order chi connectivity index (χ0) is 16.1.